The van der Waals surface area contributed by atoms with E-state index in [0.717, 1.165) is 7.05 Å². The molecule has 0 bridgehead atoms. The lowest BCUT2D eigenvalue weighted by atomic mass is 10.0. The fourth-order valence-corrected chi connectivity index (χ4v) is 1.79. The van der Waals surface area contributed by atoms with Gasteiger partial charge in [0.05, 0.1) is 11.6 Å². The Labute approximate surface area is 113 Å². The van der Waals surface area contributed by atoms with Crippen LogP contribution in [0.2, 0.25) is 0 Å². The third kappa shape index (κ3) is 3.28. The molecule has 0 saturated carbocycles. The third-order valence-corrected chi connectivity index (χ3v) is 3.11. The molecule has 1 amide bonds. The van der Waals surface area contributed by atoms with Gasteiger partial charge in [-0.3, -0.25) is 4.79 Å². The number of hydrogen-bond acceptors (Lipinski definition) is 2. The minimum atomic E-state index is -4.93. The highest BCUT2D eigenvalue weighted by atomic mass is 19.4. The van der Waals surface area contributed by atoms with Gasteiger partial charge in [0.1, 0.15) is 0 Å². The number of hydrogen-bond donors (Lipinski definition) is 1. The van der Waals surface area contributed by atoms with Crippen molar-refractivity contribution in [1.82, 2.24) is 4.90 Å². The molecule has 0 aromatic heterocycles. The van der Waals surface area contributed by atoms with Gasteiger partial charge >= 0.3 is 18.1 Å². The Morgan fingerprint density at radius 3 is 2.25 bits per heavy atom. The van der Waals surface area contributed by atoms with Crippen molar-refractivity contribution in [2.75, 3.05) is 7.05 Å². The average Bonchev–Trinajstić information content (AvgIpc) is 2.34. The van der Waals surface area contributed by atoms with Gasteiger partial charge < -0.3 is 10.0 Å². The van der Waals surface area contributed by atoms with Crippen molar-refractivity contribution in [1.29, 1.82) is 0 Å². The van der Waals surface area contributed by atoms with E-state index in [0.29, 0.717) is 16.0 Å². The van der Waals surface area contributed by atoms with Crippen LogP contribution in [0.25, 0.3) is 0 Å². The molecule has 1 aromatic carbocycles. The first-order valence-corrected chi connectivity index (χ1v) is 5.73. The first-order chi connectivity index (χ1) is 9.05. The summed E-state index contributed by atoms with van der Waals surface area (Å²) in [5.74, 6) is -3.05. The molecule has 20 heavy (non-hydrogen) atoms. The number of carboxylic acids is 1. The van der Waals surface area contributed by atoms with Crippen molar-refractivity contribution in [3.63, 3.8) is 0 Å². The van der Waals surface area contributed by atoms with E-state index in [-0.39, 0.29) is 5.56 Å². The molecule has 1 aromatic rings. The molecule has 7 heteroatoms. The maximum absolute atomic E-state index is 12.4. The largest absolute Gasteiger partial charge is 0.478 e. The van der Waals surface area contributed by atoms with Gasteiger partial charge in [-0.1, -0.05) is 12.1 Å². The van der Waals surface area contributed by atoms with Gasteiger partial charge in [0.15, 0.2) is 0 Å². The number of carbonyl (C=O) groups excluding carboxylic acids is 1. The number of aryl methyl sites for hydroxylation is 1. The SMILES string of the molecule is Cc1cc(C(C)N(C)C(=O)C(F)(F)F)ccc1C(=O)O. The number of benzene rings is 1. The van der Waals surface area contributed by atoms with Crippen molar-refractivity contribution in [3.05, 3.63) is 34.9 Å². The Hall–Kier alpha value is -2.05. The maximum Gasteiger partial charge on any atom is 0.471 e. The Balaban J connectivity index is 3.04. The van der Waals surface area contributed by atoms with Crippen LogP contribution in [0.15, 0.2) is 18.2 Å². The fraction of sp³-hybridized carbons (Fsp3) is 0.385. The lowest BCUT2D eigenvalue weighted by Crippen LogP contribution is -2.39. The summed E-state index contributed by atoms with van der Waals surface area (Å²) in [4.78, 5) is 22.6. The van der Waals surface area contributed by atoms with Crippen LogP contribution in [0.5, 0.6) is 0 Å². The van der Waals surface area contributed by atoms with E-state index in [2.05, 4.69) is 0 Å². The highest BCUT2D eigenvalue weighted by Gasteiger charge is 2.42. The first-order valence-electron chi connectivity index (χ1n) is 5.73. The molecule has 0 radical (unpaired) electrons. The summed E-state index contributed by atoms with van der Waals surface area (Å²) in [6.07, 6.45) is -4.93. The van der Waals surface area contributed by atoms with Gasteiger partial charge in [-0.15, -0.1) is 0 Å². The minimum Gasteiger partial charge on any atom is -0.478 e. The molecule has 4 nitrogen and oxygen atoms in total. The Kier molecular flexibility index (Phi) is 4.42. The van der Waals surface area contributed by atoms with Crippen molar-refractivity contribution < 1.29 is 27.9 Å². The van der Waals surface area contributed by atoms with Crippen LogP contribution >= 0.6 is 0 Å². The second-order valence-corrected chi connectivity index (χ2v) is 4.47. The molecular formula is C13H14F3NO3. The number of alkyl halides is 3. The predicted molar refractivity (Wildman–Crippen MR) is 65.4 cm³/mol. The number of amides is 1. The maximum atomic E-state index is 12.4. The van der Waals surface area contributed by atoms with Crippen molar-refractivity contribution in [2.24, 2.45) is 0 Å². The zero-order valence-electron chi connectivity index (χ0n) is 11.2. The van der Waals surface area contributed by atoms with E-state index in [1.54, 1.807) is 6.92 Å². The van der Waals surface area contributed by atoms with E-state index in [1.807, 2.05) is 0 Å². The quantitative estimate of drug-likeness (QED) is 0.930. The second kappa shape index (κ2) is 5.52. The molecule has 0 fully saturated rings. The third-order valence-electron chi connectivity index (χ3n) is 3.11. The highest BCUT2D eigenvalue weighted by Crippen LogP contribution is 2.26. The molecule has 0 aliphatic carbocycles. The lowest BCUT2D eigenvalue weighted by Gasteiger charge is -2.26. The molecule has 0 saturated heterocycles. The Morgan fingerprint density at radius 2 is 1.85 bits per heavy atom. The standard InChI is InChI=1S/C13H14F3NO3/c1-7-6-9(4-5-10(7)11(18)19)8(2)17(3)12(20)13(14,15)16/h4-6,8H,1-3H3,(H,18,19). The monoisotopic (exact) mass is 289 g/mol. The van der Waals surface area contributed by atoms with Crippen LogP contribution in [0.1, 0.15) is 34.5 Å². The van der Waals surface area contributed by atoms with E-state index >= 15 is 0 Å². The molecular weight excluding hydrogens is 275 g/mol. The van der Waals surface area contributed by atoms with Crippen LogP contribution < -0.4 is 0 Å². The first kappa shape index (κ1) is 16.0. The normalized spacial score (nSPS) is 12.9. The van der Waals surface area contributed by atoms with Crippen molar-refractivity contribution in [2.45, 2.75) is 26.1 Å². The Morgan fingerprint density at radius 1 is 1.30 bits per heavy atom. The summed E-state index contributed by atoms with van der Waals surface area (Å²) in [6, 6.07) is 3.37. The highest BCUT2D eigenvalue weighted by molar-refractivity contribution is 5.89. The van der Waals surface area contributed by atoms with Gasteiger partial charge in [0.25, 0.3) is 0 Å². The molecule has 1 atom stereocenters. The molecule has 1 unspecified atom stereocenters. The summed E-state index contributed by atoms with van der Waals surface area (Å²) in [5.41, 5.74) is 0.938. The van der Waals surface area contributed by atoms with Crippen LogP contribution in [-0.2, 0) is 4.79 Å². The van der Waals surface area contributed by atoms with E-state index in [9.17, 15) is 22.8 Å². The molecule has 0 spiro atoms. The number of halogens is 3. The van der Waals surface area contributed by atoms with Gasteiger partial charge in [0.2, 0.25) is 0 Å². The number of carbonyl (C=O) groups is 2. The zero-order valence-corrected chi connectivity index (χ0v) is 11.2. The summed E-state index contributed by atoms with van der Waals surface area (Å²) in [6.45, 7) is 2.99. The topological polar surface area (TPSA) is 57.6 Å². The summed E-state index contributed by atoms with van der Waals surface area (Å²) >= 11 is 0. The molecule has 0 heterocycles. The Bertz CT molecular complexity index is 540. The number of aromatic carboxylic acids is 1. The summed E-state index contributed by atoms with van der Waals surface area (Å²) in [5, 5.41) is 8.89. The molecule has 0 aliphatic heterocycles. The van der Waals surface area contributed by atoms with Gasteiger partial charge in [-0.2, -0.15) is 13.2 Å². The predicted octanol–water partition coefficient (Wildman–Crippen LogP) is 2.77. The van der Waals surface area contributed by atoms with E-state index in [4.69, 9.17) is 5.11 Å². The van der Waals surface area contributed by atoms with Crippen LogP contribution in [0.4, 0.5) is 13.2 Å². The van der Waals surface area contributed by atoms with Gasteiger partial charge in [-0.05, 0) is 31.0 Å². The van der Waals surface area contributed by atoms with Gasteiger partial charge in [0, 0.05) is 7.05 Å². The molecule has 110 valence electrons. The molecule has 0 aliphatic rings. The second-order valence-electron chi connectivity index (χ2n) is 4.47. The van der Waals surface area contributed by atoms with E-state index < -0.39 is 24.1 Å². The number of rotatable bonds is 3. The van der Waals surface area contributed by atoms with Crippen molar-refractivity contribution in [3.8, 4) is 0 Å². The smallest absolute Gasteiger partial charge is 0.471 e. The van der Waals surface area contributed by atoms with Crippen LogP contribution in [-0.4, -0.2) is 35.1 Å². The minimum absolute atomic E-state index is 0.0748. The van der Waals surface area contributed by atoms with E-state index in [1.165, 1.54) is 25.1 Å². The summed E-state index contributed by atoms with van der Waals surface area (Å²) < 4.78 is 37.1. The van der Waals surface area contributed by atoms with Crippen LogP contribution in [0.3, 0.4) is 0 Å². The van der Waals surface area contributed by atoms with Crippen molar-refractivity contribution >= 4 is 11.9 Å². The zero-order chi connectivity index (χ0) is 15.7. The number of nitrogens with zero attached hydrogens (tertiary/aromatic N) is 1. The number of carboxylic acid groups (broad SMARTS) is 1. The van der Waals surface area contributed by atoms with Crippen LogP contribution in [0, 0.1) is 6.92 Å². The summed E-state index contributed by atoms with van der Waals surface area (Å²) in [7, 11) is 1.06. The molecule has 1 N–H and O–H groups in total. The molecule has 1 rings (SSSR count). The lowest BCUT2D eigenvalue weighted by molar-refractivity contribution is -0.186. The van der Waals surface area contributed by atoms with Gasteiger partial charge in [-0.25, -0.2) is 4.79 Å². The fourth-order valence-electron chi connectivity index (χ4n) is 1.79. The average molecular weight is 289 g/mol.